The predicted octanol–water partition coefficient (Wildman–Crippen LogP) is 8.37. The van der Waals surface area contributed by atoms with Gasteiger partial charge in [0.2, 0.25) is 10.6 Å². The van der Waals surface area contributed by atoms with Crippen LogP contribution in [0.2, 0.25) is 0 Å². The molecule has 8 rings (SSSR count). The van der Waals surface area contributed by atoms with Gasteiger partial charge in [0.25, 0.3) is 11.4 Å². The van der Waals surface area contributed by atoms with Crippen LogP contribution in [0.15, 0.2) is 158 Å². The largest absolute Gasteiger partial charge is 0.388 e. The van der Waals surface area contributed by atoms with Gasteiger partial charge in [0.1, 0.15) is 6.08 Å². The molecule has 9 nitrogen and oxygen atoms in total. The van der Waals surface area contributed by atoms with Gasteiger partial charge >= 0.3 is 5.71 Å². The summed E-state index contributed by atoms with van der Waals surface area (Å²) in [5.41, 5.74) is 6.49. The molecule has 4 aromatic rings. The van der Waals surface area contributed by atoms with Crippen molar-refractivity contribution in [2.45, 2.75) is 83.5 Å². The molecule has 62 heavy (non-hydrogen) atoms. The van der Waals surface area contributed by atoms with E-state index < -0.39 is 4.92 Å². The molecule has 4 aliphatic carbocycles. The first kappa shape index (κ1) is 41.7. The zero-order valence-electron chi connectivity index (χ0n) is 35.5. The lowest BCUT2D eigenvalue weighted by Crippen LogP contribution is -2.31. The van der Waals surface area contributed by atoms with E-state index in [4.69, 9.17) is 5.41 Å². The van der Waals surface area contributed by atoms with Crippen molar-refractivity contribution in [1.82, 2.24) is 0 Å². The van der Waals surface area contributed by atoms with Crippen molar-refractivity contribution in [1.29, 1.82) is 5.41 Å². The van der Waals surface area contributed by atoms with Crippen LogP contribution in [-0.4, -0.2) is 31.7 Å². The van der Waals surface area contributed by atoms with Gasteiger partial charge in [-0.2, -0.15) is 8.49 Å². The minimum Gasteiger partial charge on any atom is -0.300 e. The number of pyridine rings is 2. The van der Waals surface area contributed by atoms with E-state index in [2.05, 4.69) is 109 Å². The smallest absolute Gasteiger partial charge is 0.300 e. The van der Waals surface area contributed by atoms with Gasteiger partial charge in [0.05, 0.1) is 16.2 Å². The summed E-state index contributed by atoms with van der Waals surface area (Å²) in [6, 6.07) is 22.1. The van der Waals surface area contributed by atoms with Crippen LogP contribution in [0.3, 0.4) is 0 Å². The fourth-order valence-corrected chi connectivity index (χ4v) is 9.44. The van der Waals surface area contributed by atoms with Gasteiger partial charge in [-0.15, -0.1) is 0 Å². The number of fused-ring (bicyclic) bond motifs is 2. The van der Waals surface area contributed by atoms with E-state index >= 15 is 0 Å². The third kappa shape index (κ3) is 8.22. The lowest BCUT2D eigenvalue weighted by atomic mass is 9.69. The number of nitrogens with zero attached hydrogens (tertiary/aromatic N) is 4. The Labute approximate surface area is 360 Å². The summed E-state index contributed by atoms with van der Waals surface area (Å²) >= 11 is 0. The van der Waals surface area contributed by atoms with Crippen molar-refractivity contribution >= 4 is 22.6 Å². The minimum absolute atomic E-state index is 0.102. The molecule has 0 atom stereocenters. The SMILES string of the molecule is CCCCCCC1(CCCCCC)c2cc(=C3C=CC=CC3=N)ccc2=c2ccc(=C3C=CC=CC3=[n+]3ccc(=c4cc[n+](=C5C=CC([N+](=O)[O-])=CC5=[N+](O)O)cc4)cc3)cc21. The first-order valence-electron chi connectivity index (χ1n) is 21.9. The van der Waals surface area contributed by atoms with Crippen LogP contribution < -0.4 is 18.9 Å². The van der Waals surface area contributed by atoms with Gasteiger partial charge in [-0.1, -0.05) is 120 Å². The van der Waals surface area contributed by atoms with Crippen LogP contribution in [-0.2, 0) is 5.41 Å². The quantitative estimate of drug-likeness (QED) is 0.0463. The number of nitrogens with one attached hydrogen (secondary N) is 1. The second-order valence-corrected chi connectivity index (χ2v) is 16.5. The van der Waals surface area contributed by atoms with Gasteiger partial charge < -0.3 is 5.41 Å². The van der Waals surface area contributed by atoms with Crippen molar-refractivity contribution in [2.24, 2.45) is 0 Å². The summed E-state index contributed by atoms with van der Waals surface area (Å²) in [6.45, 7) is 4.56. The summed E-state index contributed by atoms with van der Waals surface area (Å²) in [5.74, 6) is 0. The maximum Gasteiger partial charge on any atom is 0.388 e. The van der Waals surface area contributed by atoms with E-state index in [9.17, 15) is 20.5 Å². The van der Waals surface area contributed by atoms with Crippen LogP contribution in [0.1, 0.15) is 89.2 Å². The monoisotopic (exact) mass is 824 g/mol. The Bertz CT molecular complexity index is 3130. The molecule has 0 aliphatic heterocycles. The van der Waals surface area contributed by atoms with Crippen LogP contribution in [0.4, 0.5) is 0 Å². The van der Waals surface area contributed by atoms with Crippen molar-refractivity contribution < 1.29 is 28.7 Å². The van der Waals surface area contributed by atoms with E-state index in [1.54, 1.807) is 16.6 Å². The maximum absolute atomic E-state index is 11.3. The van der Waals surface area contributed by atoms with Crippen LogP contribution in [0.5, 0.6) is 0 Å². The number of rotatable bonds is 11. The summed E-state index contributed by atoms with van der Waals surface area (Å²) in [7, 11) is 0. The molecule has 0 radical (unpaired) electrons. The molecule has 4 aliphatic rings. The lowest BCUT2D eigenvalue weighted by molar-refractivity contribution is -0.955. The highest BCUT2D eigenvalue weighted by Gasteiger charge is 2.39. The fourth-order valence-electron chi connectivity index (χ4n) is 9.44. The summed E-state index contributed by atoms with van der Waals surface area (Å²) < 4.78 is 3.84. The molecule has 0 spiro atoms. The van der Waals surface area contributed by atoms with Gasteiger partial charge in [0, 0.05) is 53.5 Å². The van der Waals surface area contributed by atoms with E-state index in [1.165, 1.54) is 90.3 Å². The standard InChI is InChI=1S/C53H54N5O4/c1-3-5-7-13-29-53(30-14-8-6-4-2)47-35-40(43-15-9-11-17-49(43)54)19-22-45(47)46-23-20-41(36-48(46)53)44-16-10-12-18-50(44)55-31-25-38(26-32-55)39-27-33-56(34-28-39)51-24-21-42(57(59)60)37-52(51)58(61)62/h9-12,15-28,31-37,54,61-62H,3-8,13-14,29-30H2,1-2H3/q+3. The molecule has 0 unspecified atom stereocenters. The Morgan fingerprint density at radius 3 is 1.65 bits per heavy atom. The van der Waals surface area contributed by atoms with Crippen molar-refractivity contribution in [3.8, 4) is 0 Å². The first-order valence-corrected chi connectivity index (χ1v) is 21.9. The van der Waals surface area contributed by atoms with Gasteiger partial charge in [-0.25, -0.2) is 10.4 Å². The Kier molecular flexibility index (Phi) is 12.3. The van der Waals surface area contributed by atoms with E-state index in [-0.39, 0.29) is 21.7 Å². The molecule has 0 bridgehead atoms. The topological polar surface area (TPSA) is 122 Å². The number of unbranched alkanes of at least 4 members (excludes halogenated alkanes) is 6. The minimum atomic E-state index is -0.580. The Hall–Kier alpha value is -7.00. The molecule has 0 saturated heterocycles. The molecule has 312 valence electrons. The summed E-state index contributed by atoms with van der Waals surface area (Å²) in [4.78, 5) is 10.6. The average molecular weight is 825 g/mol. The number of hydrogen-bond donors (Lipinski definition) is 3. The molecule has 0 amide bonds. The van der Waals surface area contributed by atoms with Gasteiger partial charge in [0.15, 0.2) is 24.8 Å². The molecular formula is C53H54N5O4+3. The average Bonchev–Trinajstić information content (AvgIpc) is 3.57. The fraction of sp³-hybridized carbons (Fsp3) is 0.245. The van der Waals surface area contributed by atoms with Crippen molar-refractivity contribution in [2.75, 3.05) is 0 Å². The third-order valence-electron chi connectivity index (χ3n) is 12.7. The van der Waals surface area contributed by atoms with Gasteiger partial charge in [-0.3, -0.25) is 10.1 Å². The molecule has 0 fully saturated rings. The summed E-state index contributed by atoms with van der Waals surface area (Å²) in [5, 5.41) is 46.6. The number of benzene rings is 2. The van der Waals surface area contributed by atoms with E-state index in [0.717, 1.165) is 51.4 Å². The highest BCUT2D eigenvalue weighted by atomic mass is 16.8. The Morgan fingerprint density at radius 2 is 1.11 bits per heavy atom. The Balaban J connectivity index is 1.26. The second-order valence-electron chi connectivity index (χ2n) is 16.5. The number of hydrogen-bond acceptors (Lipinski definition) is 5. The third-order valence-corrected chi connectivity index (χ3v) is 12.7. The predicted molar refractivity (Wildman–Crippen MR) is 240 cm³/mol. The van der Waals surface area contributed by atoms with Crippen LogP contribution in [0.25, 0.3) is 11.1 Å². The molecule has 2 heterocycles. The maximum atomic E-state index is 11.3. The highest BCUT2D eigenvalue weighted by molar-refractivity contribution is 6.26. The zero-order valence-corrected chi connectivity index (χ0v) is 35.5. The second kappa shape index (κ2) is 18.3. The molecular weight excluding hydrogens is 771 g/mol. The van der Waals surface area contributed by atoms with Crippen LogP contribution >= 0.6 is 0 Å². The van der Waals surface area contributed by atoms with Gasteiger partial charge in [-0.05, 0) is 79.6 Å². The molecule has 2 aromatic heterocycles. The van der Waals surface area contributed by atoms with E-state index in [1.807, 2.05) is 30.4 Å². The van der Waals surface area contributed by atoms with E-state index in [0.29, 0.717) is 11.4 Å². The normalized spacial score (nSPS) is 17.7. The lowest BCUT2D eigenvalue weighted by Gasteiger charge is -2.33. The number of allylic oxidation sites excluding steroid dienone is 11. The summed E-state index contributed by atoms with van der Waals surface area (Å²) in [6.07, 6.45) is 40.1. The molecule has 0 saturated carbocycles. The number of aromatic nitrogens is 2. The van der Waals surface area contributed by atoms with Crippen molar-refractivity contribution in [3.05, 3.63) is 222 Å². The van der Waals surface area contributed by atoms with Crippen LogP contribution in [0, 0.1) is 47.8 Å². The highest BCUT2D eigenvalue weighted by Crippen LogP contribution is 2.46. The number of nitro groups is 1. The molecule has 9 heteroatoms. The van der Waals surface area contributed by atoms with Crippen molar-refractivity contribution in [3.63, 3.8) is 0 Å². The molecule has 2 aromatic carbocycles. The first-order chi connectivity index (χ1) is 30.2. The molecule has 3 N–H and O–H groups in total. The zero-order chi connectivity index (χ0) is 43.2. The Morgan fingerprint density at radius 1 is 0.597 bits per heavy atom.